The summed E-state index contributed by atoms with van der Waals surface area (Å²) in [5.41, 5.74) is 3.64. The number of para-hydroxylation sites is 1. The summed E-state index contributed by atoms with van der Waals surface area (Å²) < 4.78 is 32.8. The van der Waals surface area contributed by atoms with Gasteiger partial charge in [-0.05, 0) is 48.6 Å². The van der Waals surface area contributed by atoms with Crippen molar-refractivity contribution in [1.29, 1.82) is 0 Å². The number of anilines is 1. The van der Waals surface area contributed by atoms with Crippen molar-refractivity contribution in [2.75, 3.05) is 25.5 Å². The number of ether oxygens (including phenoxy) is 1. The van der Waals surface area contributed by atoms with Gasteiger partial charge in [-0.1, -0.05) is 45.0 Å². The van der Waals surface area contributed by atoms with Gasteiger partial charge in [0.05, 0.1) is 13.7 Å². The molecule has 7 heteroatoms. The van der Waals surface area contributed by atoms with Crippen LogP contribution in [0.1, 0.15) is 37.5 Å². The second-order valence-corrected chi connectivity index (χ2v) is 8.70. The van der Waals surface area contributed by atoms with Crippen LogP contribution in [0.15, 0.2) is 41.3 Å². The molecular weight excluding hydrogens is 388 g/mol. The normalized spacial score (nSPS) is 11.5. The van der Waals surface area contributed by atoms with Crippen molar-refractivity contribution in [3.8, 4) is 5.75 Å². The summed E-state index contributed by atoms with van der Waals surface area (Å²) in [6.07, 6.45) is 1.56. The Bertz CT molecular complexity index is 949. The van der Waals surface area contributed by atoms with Gasteiger partial charge < -0.3 is 10.1 Å². The molecule has 1 amide bonds. The zero-order valence-corrected chi connectivity index (χ0v) is 18.6. The van der Waals surface area contributed by atoms with Crippen molar-refractivity contribution < 1.29 is 17.9 Å². The molecule has 158 valence electrons. The highest BCUT2D eigenvalue weighted by Gasteiger charge is 2.28. The molecule has 0 saturated carbocycles. The summed E-state index contributed by atoms with van der Waals surface area (Å²) in [6.45, 7) is 7.48. The molecule has 0 radical (unpaired) electrons. The van der Waals surface area contributed by atoms with Crippen LogP contribution in [0, 0.1) is 6.92 Å². The molecule has 0 unspecified atom stereocenters. The number of hydrogen-bond donors (Lipinski definition) is 1. The van der Waals surface area contributed by atoms with E-state index < -0.39 is 10.0 Å². The maximum atomic E-state index is 13.2. The van der Waals surface area contributed by atoms with Gasteiger partial charge in [0, 0.05) is 12.2 Å². The highest BCUT2D eigenvalue weighted by molar-refractivity contribution is 7.89. The van der Waals surface area contributed by atoms with Crippen LogP contribution >= 0.6 is 0 Å². The third kappa shape index (κ3) is 5.16. The Morgan fingerprint density at radius 1 is 1.07 bits per heavy atom. The van der Waals surface area contributed by atoms with Crippen LogP contribution in [-0.2, 0) is 27.7 Å². The predicted molar refractivity (Wildman–Crippen MR) is 116 cm³/mol. The van der Waals surface area contributed by atoms with E-state index in [0.29, 0.717) is 0 Å². The third-order valence-electron chi connectivity index (χ3n) is 4.87. The Labute approximate surface area is 173 Å². The van der Waals surface area contributed by atoms with E-state index in [1.165, 1.54) is 11.4 Å². The van der Waals surface area contributed by atoms with Crippen molar-refractivity contribution in [1.82, 2.24) is 4.31 Å². The molecule has 2 rings (SSSR count). The summed E-state index contributed by atoms with van der Waals surface area (Å²) in [6, 6.07) is 10.9. The van der Waals surface area contributed by atoms with Crippen molar-refractivity contribution in [2.45, 2.75) is 45.4 Å². The van der Waals surface area contributed by atoms with Gasteiger partial charge >= 0.3 is 0 Å². The topological polar surface area (TPSA) is 75.7 Å². The number of hydrogen-bond acceptors (Lipinski definition) is 4. The fourth-order valence-corrected chi connectivity index (χ4v) is 4.88. The highest BCUT2D eigenvalue weighted by Crippen LogP contribution is 2.28. The van der Waals surface area contributed by atoms with Crippen LogP contribution in [-0.4, -0.2) is 38.8 Å². The molecule has 0 aromatic heterocycles. The predicted octanol–water partition coefficient (Wildman–Crippen LogP) is 3.78. The van der Waals surface area contributed by atoms with Crippen LogP contribution in [0.3, 0.4) is 0 Å². The van der Waals surface area contributed by atoms with Gasteiger partial charge in [0.15, 0.2) is 0 Å². The number of carbonyl (C=O) groups is 1. The molecule has 29 heavy (non-hydrogen) atoms. The number of likely N-dealkylation sites (N-methyl/N-ethyl adjacent to an activating group) is 1. The van der Waals surface area contributed by atoms with E-state index in [9.17, 15) is 13.2 Å². The lowest BCUT2D eigenvalue weighted by atomic mass is 10.0. The third-order valence-corrected chi connectivity index (χ3v) is 6.81. The first-order valence-electron chi connectivity index (χ1n) is 9.83. The van der Waals surface area contributed by atoms with Crippen molar-refractivity contribution in [2.24, 2.45) is 0 Å². The number of rotatable bonds is 9. The first kappa shape index (κ1) is 22.9. The van der Waals surface area contributed by atoms with E-state index in [0.717, 1.165) is 35.2 Å². The number of sulfonamides is 1. The summed E-state index contributed by atoms with van der Waals surface area (Å²) >= 11 is 0. The van der Waals surface area contributed by atoms with E-state index in [4.69, 9.17) is 4.74 Å². The van der Waals surface area contributed by atoms with Crippen LogP contribution in [0.5, 0.6) is 5.75 Å². The van der Waals surface area contributed by atoms with Gasteiger partial charge in [0.1, 0.15) is 10.6 Å². The fraction of sp³-hybridized carbons (Fsp3) is 0.409. The summed E-state index contributed by atoms with van der Waals surface area (Å²) in [5.74, 6) is -0.100. The van der Waals surface area contributed by atoms with Crippen LogP contribution in [0.2, 0.25) is 0 Å². The summed E-state index contributed by atoms with van der Waals surface area (Å²) in [4.78, 5) is 12.8. The lowest BCUT2D eigenvalue weighted by molar-refractivity contribution is -0.116. The van der Waals surface area contributed by atoms with E-state index in [1.54, 1.807) is 25.1 Å². The zero-order valence-electron chi connectivity index (χ0n) is 17.8. The average molecular weight is 419 g/mol. The van der Waals surface area contributed by atoms with E-state index in [2.05, 4.69) is 5.32 Å². The average Bonchev–Trinajstić information content (AvgIpc) is 2.71. The van der Waals surface area contributed by atoms with Crippen molar-refractivity contribution >= 4 is 21.6 Å². The van der Waals surface area contributed by atoms with Gasteiger partial charge in [0.25, 0.3) is 0 Å². The number of methoxy groups -OCH3 is 1. The van der Waals surface area contributed by atoms with E-state index >= 15 is 0 Å². The second kappa shape index (κ2) is 9.89. The summed E-state index contributed by atoms with van der Waals surface area (Å²) in [7, 11) is -2.46. The van der Waals surface area contributed by atoms with Crippen LogP contribution in [0.4, 0.5) is 5.69 Å². The molecule has 2 aromatic rings. The second-order valence-electron chi connectivity index (χ2n) is 6.79. The minimum Gasteiger partial charge on any atom is -0.495 e. The molecule has 0 atom stereocenters. The lowest BCUT2D eigenvalue weighted by Gasteiger charge is -2.22. The van der Waals surface area contributed by atoms with E-state index in [-0.39, 0.29) is 29.6 Å². The minimum atomic E-state index is -3.89. The molecule has 0 bridgehead atoms. The molecule has 1 N–H and O–H groups in total. The largest absolute Gasteiger partial charge is 0.495 e. The van der Waals surface area contributed by atoms with Gasteiger partial charge in [-0.25, -0.2) is 8.42 Å². The first-order valence-corrected chi connectivity index (χ1v) is 11.3. The van der Waals surface area contributed by atoms with Gasteiger partial charge in [-0.3, -0.25) is 4.79 Å². The first-order chi connectivity index (χ1) is 13.8. The number of benzene rings is 2. The number of carbonyl (C=O) groups excluding carboxylic acids is 1. The quantitative estimate of drug-likeness (QED) is 0.672. The fourth-order valence-electron chi connectivity index (χ4n) is 3.23. The zero-order chi connectivity index (χ0) is 21.6. The lowest BCUT2D eigenvalue weighted by Crippen LogP contribution is -2.38. The molecule has 6 nitrogen and oxygen atoms in total. The maximum Gasteiger partial charge on any atom is 0.247 e. The number of nitrogens with one attached hydrogen (secondary N) is 1. The Kier molecular flexibility index (Phi) is 7.81. The Balaban J connectivity index is 2.31. The minimum absolute atomic E-state index is 0.0675. The molecule has 0 fully saturated rings. The van der Waals surface area contributed by atoms with Gasteiger partial charge in [-0.15, -0.1) is 0 Å². The maximum absolute atomic E-state index is 13.2. The highest BCUT2D eigenvalue weighted by atomic mass is 32.2. The van der Waals surface area contributed by atoms with Gasteiger partial charge in [0.2, 0.25) is 15.9 Å². The molecule has 0 spiro atoms. The molecule has 0 aliphatic carbocycles. The van der Waals surface area contributed by atoms with Crippen LogP contribution < -0.4 is 10.1 Å². The molecule has 2 aromatic carbocycles. The number of amides is 1. The molecular formula is C22H30N2O4S. The van der Waals surface area contributed by atoms with Crippen molar-refractivity contribution in [3.63, 3.8) is 0 Å². The van der Waals surface area contributed by atoms with Crippen molar-refractivity contribution in [3.05, 3.63) is 53.1 Å². The molecule has 0 saturated heterocycles. The van der Waals surface area contributed by atoms with E-state index in [1.807, 2.05) is 39.0 Å². The molecule has 0 aliphatic heterocycles. The molecule has 0 heterocycles. The summed E-state index contributed by atoms with van der Waals surface area (Å²) in [5, 5.41) is 2.93. The number of aryl methyl sites for hydroxylation is 3. The Hall–Kier alpha value is -2.38. The monoisotopic (exact) mass is 418 g/mol. The number of nitrogens with zero attached hydrogens (tertiary/aromatic N) is 1. The standard InChI is InChI=1S/C22H30N2O4S/c1-6-17-10-9-11-18(7-2)22(17)23-21(25)15-24(8-3)29(26,27)20-14-16(4)12-13-19(20)28-5/h9-14H,6-8,15H2,1-5H3,(H,23,25). The Morgan fingerprint density at radius 2 is 1.69 bits per heavy atom. The Morgan fingerprint density at radius 3 is 2.21 bits per heavy atom. The van der Waals surface area contributed by atoms with Crippen LogP contribution in [0.25, 0.3) is 0 Å². The van der Waals surface area contributed by atoms with Gasteiger partial charge in [-0.2, -0.15) is 4.31 Å². The molecule has 0 aliphatic rings. The smallest absolute Gasteiger partial charge is 0.247 e. The SMILES string of the molecule is CCc1cccc(CC)c1NC(=O)CN(CC)S(=O)(=O)c1cc(C)ccc1OC.